The van der Waals surface area contributed by atoms with Crippen molar-refractivity contribution in [1.29, 1.82) is 0 Å². The van der Waals surface area contributed by atoms with Gasteiger partial charge in [-0.05, 0) is 29.8 Å². The van der Waals surface area contributed by atoms with Crippen molar-refractivity contribution in [3.63, 3.8) is 0 Å². The van der Waals surface area contributed by atoms with Crippen LogP contribution in [0, 0.1) is 0 Å². The van der Waals surface area contributed by atoms with Crippen LogP contribution in [0.3, 0.4) is 0 Å². The predicted molar refractivity (Wildman–Crippen MR) is 119 cm³/mol. The van der Waals surface area contributed by atoms with Crippen LogP contribution in [0.2, 0.25) is 5.02 Å². The fourth-order valence-corrected chi connectivity index (χ4v) is 4.31. The molecule has 5 nitrogen and oxygen atoms in total. The summed E-state index contributed by atoms with van der Waals surface area (Å²) < 4.78 is 5.48. The normalized spacial score (nSPS) is 13.3. The molecule has 1 amide bonds. The number of rotatable bonds is 6. The Morgan fingerprint density at radius 3 is 2.69 bits per heavy atom. The Balaban J connectivity index is 0.00000240. The largest absolute Gasteiger partial charge is 0.484 e. The molecule has 0 saturated heterocycles. The average Bonchev–Trinajstić information content (AvgIpc) is 3.10. The van der Waals surface area contributed by atoms with Crippen LogP contribution in [0.5, 0.6) is 5.75 Å². The molecule has 1 aliphatic rings. The summed E-state index contributed by atoms with van der Waals surface area (Å²) in [4.78, 5) is 20.4. The predicted octanol–water partition coefficient (Wildman–Crippen LogP) is 4.79. The fraction of sp³-hybridized carbons (Fsp3) is 0.238. The van der Waals surface area contributed by atoms with E-state index < -0.39 is 0 Å². The lowest BCUT2D eigenvalue weighted by Gasteiger charge is -2.25. The molecular weight excluding hydrogens is 429 g/mol. The number of thiazole rings is 1. The van der Waals surface area contributed by atoms with Gasteiger partial charge in [-0.15, -0.1) is 23.7 Å². The standard InChI is InChI=1S/C21H20ClN3O2S.ClH/c22-16-6-8-17(9-7-16)27-14-20(26)24-21-23-18-10-11-25(13-19(18)28-21)12-15-4-2-1-3-5-15;/h1-9H,10-14H2,(H,23,24,26);1H. The van der Waals surface area contributed by atoms with E-state index in [2.05, 4.69) is 39.5 Å². The number of fused-ring (bicyclic) bond motifs is 1. The molecular formula is C21H21Cl2N3O2S. The Morgan fingerprint density at radius 1 is 1.17 bits per heavy atom. The minimum atomic E-state index is -0.220. The van der Waals surface area contributed by atoms with Gasteiger partial charge in [0.1, 0.15) is 5.75 Å². The molecule has 3 aromatic rings. The summed E-state index contributed by atoms with van der Waals surface area (Å²) in [6.07, 6.45) is 0.899. The van der Waals surface area contributed by atoms with E-state index in [4.69, 9.17) is 16.3 Å². The third kappa shape index (κ3) is 5.93. The molecule has 0 atom stereocenters. The molecule has 2 heterocycles. The summed E-state index contributed by atoms with van der Waals surface area (Å²) >= 11 is 7.39. The number of benzene rings is 2. The third-order valence-electron chi connectivity index (χ3n) is 4.49. The van der Waals surface area contributed by atoms with Gasteiger partial charge in [0, 0.05) is 36.0 Å². The van der Waals surface area contributed by atoms with Gasteiger partial charge in [0.05, 0.1) is 5.69 Å². The van der Waals surface area contributed by atoms with Crippen molar-refractivity contribution in [3.8, 4) is 5.75 Å². The number of hydrogen-bond donors (Lipinski definition) is 1. The molecule has 4 rings (SSSR count). The van der Waals surface area contributed by atoms with Gasteiger partial charge in [-0.2, -0.15) is 0 Å². The number of nitrogens with one attached hydrogen (secondary N) is 1. The van der Waals surface area contributed by atoms with Gasteiger partial charge in [-0.1, -0.05) is 41.9 Å². The molecule has 0 saturated carbocycles. The van der Waals surface area contributed by atoms with E-state index >= 15 is 0 Å². The highest BCUT2D eigenvalue weighted by molar-refractivity contribution is 7.15. The molecule has 8 heteroatoms. The maximum atomic E-state index is 12.2. The van der Waals surface area contributed by atoms with Crippen molar-refractivity contribution < 1.29 is 9.53 Å². The van der Waals surface area contributed by atoms with Gasteiger partial charge < -0.3 is 4.74 Å². The van der Waals surface area contributed by atoms with Crippen LogP contribution >= 0.6 is 35.3 Å². The quantitative estimate of drug-likeness (QED) is 0.587. The highest BCUT2D eigenvalue weighted by atomic mass is 35.5. The number of aromatic nitrogens is 1. The van der Waals surface area contributed by atoms with E-state index in [9.17, 15) is 4.79 Å². The van der Waals surface area contributed by atoms with E-state index in [1.54, 1.807) is 35.6 Å². The van der Waals surface area contributed by atoms with E-state index in [0.29, 0.717) is 15.9 Å². The molecule has 2 aromatic carbocycles. The molecule has 0 radical (unpaired) electrons. The molecule has 0 spiro atoms. The van der Waals surface area contributed by atoms with Crippen LogP contribution in [0.4, 0.5) is 5.13 Å². The van der Waals surface area contributed by atoms with Crippen molar-refractivity contribution >= 4 is 46.4 Å². The second-order valence-electron chi connectivity index (χ2n) is 6.63. The molecule has 1 N–H and O–H groups in total. The summed E-state index contributed by atoms with van der Waals surface area (Å²) in [7, 11) is 0. The Kier molecular flexibility index (Phi) is 7.50. The number of carbonyl (C=O) groups excluding carboxylic acids is 1. The second-order valence-corrected chi connectivity index (χ2v) is 8.15. The molecule has 0 unspecified atom stereocenters. The monoisotopic (exact) mass is 449 g/mol. The van der Waals surface area contributed by atoms with Gasteiger partial charge in [-0.3, -0.25) is 15.0 Å². The highest BCUT2D eigenvalue weighted by Crippen LogP contribution is 2.29. The highest BCUT2D eigenvalue weighted by Gasteiger charge is 2.21. The van der Waals surface area contributed by atoms with E-state index in [1.807, 2.05) is 6.07 Å². The summed E-state index contributed by atoms with van der Waals surface area (Å²) in [6.45, 7) is 2.69. The minimum absolute atomic E-state index is 0. The third-order valence-corrected chi connectivity index (χ3v) is 5.74. The van der Waals surface area contributed by atoms with Crippen LogP contribution in [0.25, 0.3) is 0 Å². The van der Waals surface area contributed by atoms with Crippen molar-refractivity contribution in [3.05, 3.63) is 75.8 Å². The van der Waals surface area contributed by atoms with E-state index in [1.165, 1.54) is 10.4 Å². The molecule has 0 fully saturated rings. The van der Waals surface area contributed by atoms with E-state index in [0.717, 1.165) is 31.7 Å². The molecule has 29 heavy (non-hydrogen) atoms. The summed E-state index contributed by atoms with van der Waals surface area (Å²) in [6, 6.07) is 17.4. The Hall–Kier alpha value is -2.12. The van der Waals surface area contributed by atoms with Crippen molar-refractivity contribution in [2.45, 2.75) is 19.5 Å². The first-order chi connectivity index (χ1) is 13.7. The van der Waals surface area contributed by atoms with Crippen molar-refractivity contribution in [1.82, 2.24) is 9.88 Å². The van der Waals surface area contributed by atoms with E-state index in [-0.39, 0.29) is 24.9 Å². The minimum Gasteiger partial charge on any atom is -0.484 e. The Labute approximate surface area is 185 Å². The van der Waals surface area contributed by atoms with Gasteiger partial charge in [0.15, 0.2) is 11.7 Å². The number of carbonyl (C=O) groups is 1. The fourth-order valence-electron chi connectivity index (χ4n) is 3.11. The maximum absolute atomic E-state index is 12.2. The lowest BCUT2D eigenvalue weighted by Crippen LogP contribution is -2.29. The zero-order valence-corrected chi connectivity index (χ0v) is 18.0. The number of ether oxygens (including phenoxy) is 1. The first-order valence-corrected chi connectivity index (χ1v) is 10.3. The molecule has 0 bridgehead atoms. The lowest BCUT2D eigenvalue weighted by atomic mass is 10.1. The first kappa shape index (κ1) is 21.6. The summed E-state index contributed by atoms with van der Waals surface area (Å²) in [5.41, 5.74) is 2.39. The SMILES string of the molecule is Cl.O=C(COc1ccc(Cl)cc1)Nc1nc2c(s1)CN(Cc1ccccc1)CC2. The van der Waals surface area contributed by atoms with Crippen LogP contribution < -0.4 is 10.1 Å². The number of hydrogen-bond acceptors (Lipinski definition) is 5. The Morgan fingerprint density at radius 2 is 1.93 bits per heavy atom. The first-order valence-electron chi connectivity index (χ1n) is 9.09. The summed E-state index contributed by atoms with van der Waals surface area (Å²) in [5.74, 6) is 0.386. The van der Waals surface area contributed by atoms with Gasteiger partial charge in [0.2, 0.25) is 0 Å². The van der Waals surface area contributed by atoms with Crippen molar-refractivity contribution in [2.24, 2.45) is 0 Å². The maximum Gasteiger partial charge on any atom is 0.264 e. The molecule has 1 aliphatic heterocycles. The van der Waals surface area contributed by atoms with Crippen LogP contribution in [-0.4, -0.2) is 28.9 Å². The van der Waals surface area contributed by atoms with Gasteiger partial charge >= 0.3 is 0 Å². The zero-order valence-electron chi connectivity index (χ0n) is 15.6. The average molecular weight is 450 g/mol. The lowest BCUT2D eigenvalue weighted by molar-refractivity contribution is -0.118. The number of nitrogens with zero attached hydrogens (tertiary/aromatic N) is 2. The van der Waals surface area contributed by atoms with Crippen molar-refractivity contribution in [2.75, 3.05) is 18.5 Å². The summed E-state index contributed by atoms with van der Waals surface area (Å²) in [5, 5.41) is 4.11. The van der Waals surface area contributed by atoms with Crippen LogP contribution in [-0.2, 0) is 24.3 Å². The number of amides is 1. The van der Waals surface area contributed by atoms with Crippen LogP contribution in [0.15, 0.2) is 54.6 Å². The molecule has 152 valence electrons. The molecule has 1 aromatic heterocycles. The topological polar surface area (TPSA) is 54.5 Å². The number of halogens is 2. The van der Waals surface area contributed by atoms with Crippen LogP contribution in [0.1, 0.15) is 16.1 Å². The van der Waals surface area contributed by atoms with Gasteiger partial charge in [-0.25, -0.2) is 4.98 Å². The second kappa shape index (κ2) is 10.1. The smallest absolute Gasteiger partial charge is 0.264 e. The molecule has 0 aliphatic carbocycles. The number of anilines is 1. The zero-order chi connectivity index (χ0) is 19.3. The van der Waals surface area contributed by atoms with Gasteiger partial charge in [0.25, 0.3) is 5.91 Å². The Bertz CT molecular complexity index is 948.